The summed E-state index contributed by atoms with van der Waals surface area (Å²) in [6, 6.07) is 6.56. The number of hydrogen-bond acceptors (Lipinski definition) is 5. The van der Waals surface area contributed by atoms with Gasteiger partial charge in [0.2, 0.25) is 0 Å². The van der Waals surface area contributed by atoms with Crippen LogP contribution in [0.2, 0.25) is 0 Å². The molecule has 24 heavy (non-hydrogen) atoms. The first-order valence-corrected chi connectivity index (χ1v) is 8.05. The van der Waals surface area contributed by atoms with E-state index in [0.29, 0.717) is 17.9 Å². The highest BCUT2D eigenvalue weighted by atomic mass is 16.5. The fourth-order valence-corrected chi connectivity index (χ4v) is 2.08. The van der Waals surface area contributed by atoms with E-state index in [1.54, 1.807) is 24.3 Å². The first kappa shape index (κ1) is 17.6. The molecule has 0 fully saturated rings. The van der Waals surface area contributed by atoms with Crippen LogP contribution in [0.1, 0.15) is 53.5 Å². The molecule has 1 N–H and O–H groups in total. The lowest BCUT2D eigenvalue weighted by molar-refractivity contribution is 0.0498. The Hall–Kier alpha value is -2.76. The van der Waals surface area contributed by atoms with Gasteiger partial charge in [-0.1, -0.05) is 26.2 Å². The van der Waals surface area contributed by atoms with Crippen LogP contribution in [-0.2, 0) is 4.74 Å². The van der Waals surface area contributed by atoms with E-state index < -0.39 is 0 Å². The summed E-state index contributed by atoms with van der Waals surface area (Å²) in [6.45, 7) is 2.57. The highest BCUT2D eigenvalue weighted by Crippen LogP contribution is 2.12. The number of carbonyl (C=O) groups excluding carboxylic acids is 2. The summed E-state index contributed by atoms with van der Waals surface area (Å²) in [4.78, 5) is 31.6. The predicted octanol–water partition coefficient (Wildman–Crippen LogP) is 3.47. The Bertz CT molecular complexity index is 657. The molecule has 0 aliphatic rings. The molecule has 0 aliphatic carbocycles. The molecule has 1 aromatic carbocycles. The van der Waals surface area contributed by atoms with Crippen LogP contribution in [0.5, 0.6) is 0 Å². The van der Waals surface area contributed by atoms with Crippen LogP contribution in [0.15, 0.2) is 42.9 Å². The summed E-state index contributed by atoms with van der Waals surface area (Å²) < 4.78 is 5.22. The van der Waals surface area contributed by atoms with Crippen molar-refractivity contribution in [2.24, 2.45) is 0 Å². The average molecular weight is 327 g/mol. The molecule has 1 aromatic heterocycles. The molecule has 0 unspecified atom stereocenters. The molecule has 0 saturated carbocycles. The Labute approximate surface area is 141 Å². The van der Waals surface area contributed by atoms with E-state index in [1.165, 1.54) is 18.6 Å². The minimum atomic E-state index is -0.352. The van der Waals surface area contributed by atoms with Crippen LogP contribution in [0.4, 0.5) is 5.69 Å². The van der Waals surface area contributed by atoms with E-state index in [4.69, 9.17) is 4.74 Å². The summed E-state index contributed by atoms with van der Waals surface area (Å²) in [5.74, 6) is -0.701. The first-order chi connectivity index (χ1) is 11.7. The third kappa shape index (κ3) is 5.46. The monoisotopic (exact) mass is 327 g/mol. The zero-order valence-electron chi connectivity index (χ0n) is 13.7. The molecule has 1 amide bonds. The van der Waals surface area contributed by atoms with Gasteiger partial charge in [0.25, 0.3) is 5.91 Å². The number of aromatic nitrogens is 2. The molecule has 0 bridgehead atoms. The Morgan fingerprint density at radius 3 is 2.54 bits per heavy atom. The normalized spacial score (nSPS) is 10.2. The van der Waals surface area contributed by atoms with Gasteiger partial charge in [-0.2, -0.15) is 0 Å². The van der Waals surface area contributed by atoms with Gasteiger partial charge in [-0.15, -0.1) is 0 Å². The van der Waals surface area contributed by atoms with Gasteiger partial charge in [0.05, 0.1) is 18.4 Å². The zero-order chi connectivity index (χ0) is 17.2. The van der Waals surface area contributed by atoms with Crippen LogP contribution in [0, 0.1) is 0 Å². The fourth-order valence-electron chi connectivity index (χ4n) is 2.08. The summed E-state index contributed by atoms with van der Waals surface area (Å²) in [7, 11) is 0. The van der Waals surface area contributed by atoms with Crippen LogP contribution in [0.3, 0.4) is 0 Å². The smallest absolute Gasteiger partial charge is 0.338 e. The fraction of sp³-hybridized carbons (Fsp3) is 0.333. The number of nitrogens with zero attached hydrogens (tertiary/aromatic N) is 2. The molecule has 6 heteroatoms. The molecule has 2 rings (SSSR count). The van der Waals surface area contributed by atoms with Crippen molar-refractivity contribution in [2.45, 2.75) is 32.6 Å². The molecular formula is C18H21N3O3. The standard InChI is InChI=1S/C18H21N3O3/c1-2-3-4-5-12-24-18(23)14-6-8-15(9-7-14)21-17(22)16-13-19-10-11-20-16/h6-11,13H,2-5,12H2,1H3,(H,21,22). The van der Waals surface area contributed by atoms with Crippen LogP contribution in [-0.4, -0.2) is 28.5 Å². The highest BCUT2D eigenvalue weighted by Gasteiger charge is 2.09. The molecular weight excluding hydrogens is 306 g/mol. The number of nitrogens with one attached hydrogen (secondary N) is 1. The van der Waals surface area contributed by atoms with E-state index in [2.05, 4.69) is 22.2 Å². The number of esters is 1. The number of unbranched alkanes of at least 4 members (excludes halogenated alkanes) is 3. The van der Waals surface area contributed by atoms with Gasteiger partial charge < -0.3 is 10.1 Å². The molecule has 6 nitrogen and oxygen atoms in total. The minimum Gasteiger partial charge on any atom is -0.462 e. The topological polar surface area (TPSA) is 81.2 Å². The van der Waals surface area contributed by atoms with Gasteiger partial charge >= 0.3 is 5.97 Å². The minimum absolute atomic E-state index is 0.230. The van der Waals surface area contributed by atoms with Gasteiger partial charge in [-0.3, -0.25) is 9.78 Å². The Balaban J connectivity index is 1.84. The van der Waals surface area contributed by atoms with Crippen molar-refractivity contribution in [1.82, 2.24) is 9.97 Å². The van der Waals surface area contributed by atoms with Crippen LogP contribution >= 0.6 is 0 Å². The summed E-state index contributed by atoms with van der Waals surface area (Å²) in [6.07, 6.45) is 8.59. The number of anilines is 1. The number of hydrogen-bond donors (Lipinski definition) is 1. The number of carbonyl (C=O) groups is 2. The lowest BCUT2D eigenvalue weighted by Crippen LogP contribution is -2.14. The van der Waals surface area contributed by atoms with Gasteiger partial charge in [0, 0.05) is 18.1 Å². The van der Waals surface area contributed by atoms with Gasteiger partial charge in [0.1, 0.15) is 5.69 Å². The lowest BCUT2D eigenvalue weighted by Gasteiger charge is -2.07. The quantitative estimate of drug-likeness (QED) is 0.593. The van der Waals surface area contributed by atoms with Gasteiger partial charge in [0.15, 0.2) is 0 Å². The second-order valence-electron chi connectivity index (χ2n) is 5.32. The molecule has 0 spiro atoms. The number of ether oxygens (including phenoxy) is 1. The predicted molar refractivity (Wildman–Crippen MR) is 90.9 cm³/mol. The number of benzene rings is 1. The second-order valence-corrected chi connectivity index (χ2v) is 5.32. The van der Waals surface area contributed by atoms with Crippen molar-refractivity contribution in [3.8, 4) is 0 Å². The molecule has 2 aromatic rings. The molecule has 126 valence electrons. The summed E-state index contributed by atoms with van der Waals surface area (Å²) in [5.41, 5.74) is 1.27. The van der Waals surface area contributed by atoms with Crippen molar-refractivity contribution in [3.63, 3.8) is 0 Å². The average Bonchev–Trinajstić information content (AvgIpc) is 2.62. The van der Waals surface area contributed by atoms with Crippen LogP contribution in [0.25, 0.3) is 0 Å². The molecule has 1 heterocycles. The summed E-state index contributed by atoms with van der Waals surface area (Å²) in [5, 5.41) is 2.70. The lowest BCUT2D eigenvalue weighted by atomic mass is 10.2. The Kier molecular flexibility index (Phi) is 6.89. The van der Waals surface area contributed by atoms with Gasteiger partial charge in [-0.25, -0.2) is 9.78 Å². The number of amides is 1. The maximum absolute atomic E-state index is 12.0. The van der Waals surface area contributed by atoms with Crippen molar-refractivity contribution < 1.29 is 14.3 Å². The van der Waals surface area contributed by atoms with Crippen molar-refractivity contribution in [2.75, 3.05) is 11.9 Å². The van der Waals surface area contributed by atoms with E-state index in [1.807, 2.05) is 0 Å². The van der Waals surface area contributed by atoms with Gasteiger partial charge in [-0.05, 0) is 30.7 Å². The van der Waals surface area contributed by atoms with E-state index in [-0.39, 0.29) is 17.6 Å². The first-order valence-electron chi connectivity index (χ1n) is 8.05. The van der Waals surface area contributed by atoms with E-state index in [9.17, 15) is 9.59 Å². The molecule has 0 aliphatic heterocycles. The molecule has 0 saturated heterocycles. The van der Waals surface area contributed by atoms with Crippen LogP contribution < -0.4 is 5.32 Å². The SMILES string of the molecule is CCCCCCOC(=O)c1ccc(NC(=O)c2cnccn2)cc1. The van der Waals surface area contributed by atoms with Crippen molar-refractivity contribution in [1.29, 1.82) is 0 Å². The summed E-state index contributed by atoms with van der Waals surface area (Å²) >= 11 is 0. The maximum Gasteiger partial charge on any atom is 0.338 e. The van der Waals surface area contributed by atoms with E-state index >= 15 is 0 Å². The number of rotatable bonds is 8. The Morgan fingerprint density at radius 1 is 1.08 bits per heavy atom. The largest absolute Gasteiger partial charge is 0.462 e. The van der Waals surface area contributed by atoms with Crippen molar-refractivity contribution in [3.05, 3.63) is 54.1 Å². The highest BCUT2D eigenvalue weighted by molar-refractivity contribution is 6.02. The van der Waals surface area contributed by atoms with Crippen molar-refractivity contribution >= 4 is 17.6 Å². The van der Waals surface area contributed by atoms with E-state index in [0.717, 1.165) is 25.7 Å². The third-order valence-corrected chi connectivity index (χ3v) is 3.41. The molecule has 0 radical (unpaired) electrons. The zero-order valence-corrected chi connectivity index (χ0v) is 13.7. The second kappa shape index (κ2) is 9.39. The Morgan fingerprint density at radius 2 is 1.88 bits per heavy atom. The molecule has 0 atom stereocenters. The third-order valence-electron chi connectivity index (χ3n) is 3.41. The maximum atomic E-state index is 12.0.